The minimum atomic E-state index is -0.566. The van der Waals surface area contributed by atoms with Crippen molar-refractivity contribution in [3.8, 4) is 0 Å². The molecule has 1 aliphatic heterocycles. The number of nitrogens with two attached hydrogens (primary N) is 1. The largest absolute Gasteiger partial charge is 0.368 e. The zero-order chi connectivity index (χ0) is 15.7. The highest BCUT2D eigenvalue weighted by Crippen LogP contribution is 2.38. The number of hydrogen-bond donors (Lipinski definition) is 1. The first-order valence-corrected chi connectivity index (χ1v) is 7.73. The van der Waals surface area contributed by atoms with E-state index in [2.05, 4.69) is 5.10 Å². The van der Waals surface area contributed by atoms with Crippen LogP contribution in [-0.4, -0.2) is 39.1 Å². The molecule has 7 nitrogen and oxygen atoms in total. The van der Waals surface area contributed by atoms with Crippen molar-refractivity contribution < 1.29 is 9.59 Å². The number of amides is 2. The molecule has 0 radical (unpaired) electrons. The molecule has 0 bridgehead atoms. The van der Waals surface area contributed by atoms with Crippen LogP contribution < -0.4 is 11.3 Å². The molecule has 1 unspecified atom stereocenters. The minimum absolute atomic E-state index is 0.136. The third-order valence-electron chi connectivity index (χ3n) is 4.32. The van der Waals surface area contributed by atoms with E-state index < -0.39 is 11.9 Å². The summed E-state index contributed by atoms with van der Waals surface area (Å²) in [6.45, 7) is 0.368. The lowest BCUT2D eigenvalue weighted by Crippen LogP contribution is -2.52. The van der Waals surface area contributed by atoms with Crippen LogP contribution in [0.1, 0.15) is 43.7 Å². The Bertz CT molecular complexity index is 650. The molecule has 1 saturated carbocycles. The molecular formula is C15H20N4O3. The maximum atomic E-state index is 12.4. The topological polar surface area (TPSA) is 98.3 Å². The van der Waals surface area contributed by atoms with Crippen molar-refractivity contribution >= 4 is 11.8 Å². The van der Waals surface area contributed by atoms with Crippen LogP contribution in [0.4, 0.5) is 0 Å². The summed E-state index contributed by atoms with van der Waals surface area (Å²) in [6, 6.07) is 2.62. The van der Waals surface area contributed by atoms with Gasteiger partial charge in [-0.1, -0.05) is 0 Å². The Hall–Kier alpha value is -2.18. The quantitative estimate of drug-likeness (QED) is 0.845. The summed E-state index contributed by atoms with van der Waals surface area (Å²) in [6.07, 6.45) is 4.47. The van der Waals surface area contributed by atoms with Gasteiger partial charge >= 0.3 is 0 Å². The van der Waals surface area contributed by atoms with Gasteiger partial charge in [0, 0.05) is 18.5 Å². The molecule has 3 rings (SSSR count). The molecule has 2 amide bonds. The fourth-order valence-corrected chi connectivity index (χ4v) is 2.92. The second-order valence-corrected chi connectivity index (χ2v) is 6.03. The van der Waals surface area contributed by atoms with Gasteiger partial charge in [-0.3, -0.25) is 14.4 Å². The number of aromatic nitrogens is 2. The Balaban J connectivity index is 1.77. The number of likely N-dealkylation sites (tertiary alicyclic amines) is 1. The Morgan fingerprint density at radius 3 is 2.68 bits per heavy atom. The van der Waals surface area contributed by atoms with Crippen molar-refractivity contribution in [1.29, 1.82) is 0 Å². The summed E-state index contributed by atoms with van der Waals surface area (Å²) in [7, 11) is 0. The van der Waals surface area contributed by atoms with Gasteiger partial charge < -0.3 is 10.6 Å². The molecule has 22 heavy (non-hydrogen) atoms. The first-order valence-electron chi connectivity index (χ1n) is 7.73. The van der Waals surface area contributed by atoms with Gasteiger partial charge in [0.25, 0.3) is 5.56 Å². The number of nitrogens with zero attached hydrogens (tertiary/aromatic N) is 3. The molecular weight excluding hydrogens is 284 g/mol. The first-order chi connectivity index (χ1) is 10.6. The third kappa shape index (κ3) is 3.03. The molecule has 1 aliphatic carbocycles. The number of piperidine rings is 1. The van der Waals surface area contributed by atoms with E-state index in [9.17, 15) is 14.4 Å². The van der Waals surface area contributed by atoms with Gasteiger partial charge in [0.05, 0.1) is 5.69 Å². The van der Waals surface area contributed by atoms with Gasteiger partial charge in [-0.05, 0) is 38.2 Å². The summed E-state index contributed by atoms with van der Waals surface area (Å²) in [5, 5.41) is 4.28. The molecule has 1 saturated heterocycles. The summed E-state index contributed by atoms with van der Waals surface area (Å²) in [5.74, 6) is -0.346. The van der Waals surface area contributed by atoms with Crippen molar-refractivity contribution in [1.82, 2.24) is 14.7 Å². The lowest BCUT2D eigenvalue weighted by molar-refractivity contribution is -0.141. The van der Waals surface area contributed by atoms with Crippen LogP contribution in [0.3, 0.4) is 0 Å². The molecule has 1 aromatic heterocycles. The number of primary amides is 1. The van der Waals surface area contributed by atoms with Gasteiger partial charge in [-0.15, -0.1) is 0 Å². The average molecular weight is 304 g/mol. The van der Waals surface area contributed by atoms with E-state index in [0.717, 1.165) is 31.4 Å². The van der Waals surface area contributed by atoms with Crippen molar-refractivity contribution in [3.63, 3.8) is 0 Å². The summed E-state index contributed by atoms with van der Waals surface area (Å²) >= 11 is 0. The van der Waals surface area contributed by atoms with E-state index in [1.807, 2.05) is 0 Å². The highest BCUT2D eigenvalue weighted by Gasteiger charge is 2.31. The highest BCUT2D eigenvalue weighted by atomic mass is 16.2. The number of carbonyl (C=O) groups is 2. The predicted octanol–water partition coefficient (Wildman–Crippen LogP) is -0.0129. The molecule has 2 N–H and O–H groups in total. The molecule has 2 fully saturated rings. The van der Waals surface area contributed by atoms with Crippen LogP contribution in [0.5, 0.6) is 0 Å². The minimum Gasteiger partial charge on any atom is -0.368 e. The zero-order valence-electron chi connectivity index (χ0n) is 12.4. The van der Waals surface area contributed by atoms with Gasteiger partial charge in [0.1, 0.15) is 12.6 Å². The van der Waals surface area contributed by atoms with Crippen LogP contribution in [0.15, 0.2) is 16.9 Å². The number of hydrogen-bond acceptors (Lipinski definition) is 4. The van der Waals surface area contributed by atoms with Gasteiger partial charge in [0.15, 0.2) is 0 Å². The fourth-order valence-electron chi connectivity index (χ4n) is 2.92. The van der Waals surface area contributed by atoms with Gasteiger partial charge in [0.2, 0.25) is 11.8 Å². The predicted molar refractivity (Wildman–Crippen MR) is 79.0 cm³/mol. The third-order valence-corrected chi connectivity index (χ3v) is 4.32. The monoisotopic (exact) mass is 304 g/mol. The normalized spacial score (nSPS) is 21.6. The Morgan fingerprint density at radius 1 is 1.23 bits per heavy atom. The van der Waals surface area contributed by atoms with Gasteiger partial charge in [-0.2, -0.15) is 5.10 Å². The van der Waals surface area contributed by atoms with E-state index in [-0.39, 0.29) is 18.0 Å². The van der Waals surface area contributed by atoms with Crippen molar-refractivity contribution in [3.05, 3.63) is 28.2 Å². The van der Waals surface area contributed by atoms with E-state index >= 15 is 0 Å². The van der Waals surface area contributed by atoms with Crippen LogP contribution in [0.25, 0.3) is 0 Å². The molecule has 0 aromatic carbocycles. The van der Waals surface area contributed by atoms with Crippen molar-refractivity contribution in [2.45, 2.75) is 50.6 Å². The van der Waals surface area contributed by atoms with E-state index in [1.165, 1.54) is 15.6 Å². The van der Waals surface area contributed by atoms with E-state index in [0.29, 0.717) is 18.9 Å². The lowest BCUT2D eigenvalue weighted by Gasteiger charge is -2.33. The van der Waals surface area contributed by atoms with Crippen LogP contribution in [-0.2, 0) is 16.1 Å². The molecule has 1 atom stereocenters. The first kappa shape index (κ1) is 14.7. The zero-order valence-corrected chi connectivity index (χ0v) is 12.4. The Kier molecular flexibility index (Phi) is 3.96. The Morgan fingerprint density at radius 2 is 2.00 bits per heavy atom. The lowest BCUT2D eigenvalue weighted by atomic mass is 10.0. The molecule has 7 heteroatoms. The highest BCUT2D eigenvalue weighted by molar-refractivity contribution is 5.86. The second kappa shape index (κ2) is 5.90. The smallest absolute Gasteiger partial charge is 0.267 e. The van der Waals surface area contributed by atoms with Crippen molar-refractivity contribution in [2.24, 2.45) is 5.73 Å². The van der Waals surface area contributed by atoms with Crippen LogP contribution >= 0.6 is 0 Å². The van der Waals surface area contributed by atoms with Crippen LogP contribution in [0.2, 0.25) is 0 Å². The summed E-state index contributed by atoms with van der Waals surface area (Å²) < 4.78 is 1.20. The second-order valence-electron chi connectivity index (χ2n) is 6.03. The molecule has 118 valence electrons. The molecule has 2 aliphatic rings. The average Bonchev–Trinajstić information content (AvgIpc) is 3.34. The van der Waals surface area contributed by atoms with E-state index in [1.54, 1.807) is 6.07 Å². The SMILES string of the molecule is NC(=O)C1CCCCN1C(=O)Cn1nc(C2CC2)ccc1=O. The standard InChI is InChI=1S/C15H20N4O3/c16-15(22)12-3-1-2-8-18(12)14(21)9-19-13(20)7-6-11(17-19)10-4-5-10/h6-7,10,12H,1-5,8-9H2,(H2,16,22). The summed E-state index contributed by atoms with van der Waals surface area (Å²) in [4.78, 5) is 37.3. The van der Waals surface area contributed by atoms with E-state index in [4.69, 9.17) is 5.73 Å². The van der Waals surface area contributed by atoms with Crippen molar-refractivity contribution in [2.75, 3.05) is 6.54 Å². The maximum absolute atomic E-state index is 12.4. The van der Waals surface area contributed by atoms with Gasteiger partial charge in [-0.25, -0.2) is 4.68 Å². The molecule has 2 heterocycles. The summed E-state index contributed by atoms with van der Waals surface area (Å²) in [5.41, 5.74) is 5.93. The molecule has 1 aromatic rings. The number of carbonyl (C=O) groups excluding carboxylic acids is 2. The molecule has 0 spiro atoms. The maximum Gasteiger partial charge on any atom is 0.267 e. The van der Waals surface area contributed by atoms with Crippen LogP contribution in [0, 0.1) is 0 Å². The number of rotatable bonds is 4. The Labute approximate surface area is 128 Å². The fraction of sp³-hybridized carbons (Fsp3) is 0.600.